The predicted octanol–water partition coefficient (Wildman–Crippen LogP) is 5.09. The Morgan fingerprint density at radius 3 is 2.56 bits per heavy atom. The van der Waals surface area contributed by atoms with Crippen LogP contribution in [0.4, 0.5) is 0 Å². The maximum atomic E-state index is 13.5. The van der Waals surface area contributed by atoms with E-state index in [9.17, 15) is 9.90 Å². The molecule has 7 nitrogen and oxygen atoms in total. The van der Waals surface area contributed by atoms with Crippen LogP contribution in [0.3, 0.4) is 0 Å². The third kappa shape index (κ3) is 4.12. The number of nitrogens with zero attached hydrogens (tertiary/aromatic N) is 2. The Hall–Kier alpha value is -4.10. The standard InChI is InChI=1S/C29H27N3O4/c33-24-11-5-4-10-23(24)26-25-27(31-30-26)29(34)32(17-22-9-6-16-35-22)28(25)20-12-14-21(15-13-20)36-18-19-7-2-1-3-8-19/h1-5,7-8,10-15,22,28,33H,6,9,16-18H2,(H,30,31). The van der Waals surface area contributed by atoms with E-state index in [1.54, 1.807) is 12.1 Å². The molecule has 1 amide bonds. The molecule has 1 fully saturated rings. The average molecular weight is 482 g/mol. The molecule has 0 spiro atoms. The van der Waals surface area contributed by atoms with Crippen molar-refractivity contribution in [3.05, 3.63) is 101 Å². The molecule has 4 aromatic rings. The maximum Gasteiger partial charge on any atom is 0.273 e. The molecule has 2 aliphatic rings. The molecule has 36 heavy (non-hydrogen) atoms. The van der Waals surface area contributed by atoms with Gasteiger partial charge in [-0.25, -0.2) is 0 Å². The van der Waals surface area contributed by atoms with Crippen LogP contribution in [0.1, 0.15) is 46.1 Å². The lowest BCUT2D eigenvalue weighted by Gasteiger charge is -2.28. The molecule has 0 aliphatic carbocycles. The van der Waals surface area contributed by atoms with Crippen molar-refractivity contribution in [3.63, 3.8) is 0 Å². The van der Waals surface area contributed by atoms with E-state index in [4.69, 9.17) is 9.47 Å². The fraction of sp³-hybridized carbons (Fsp3) is 0.241. The first kappa shape index (κ1) is 22.4. The number of H-pyrrole nitrogens is 1. The van der Waals surface area contributed by atoms with Crippen molar-refractivity contribution in [3.8, 4) is 22.8 Å². The smallest absolute Gasteiger partial charge is 0.273 e. The SMILES string of the molecule is O=C1c2[nH]nc(-c3ccccc3O)c2C(c2ccc(OCc3ccccc3)cc2)N1CC1CCCO1. The molecule has 1 saturated heterocycles. The Morgan fingerprint density at radius 2 is 1.81 bits per heavy atom. The van der Waals surface area contributed by atoms with Gasteiger partial charge >= 0.3 is 0 Å². The van der Waals surface area contributed by atoms with Crippen LogP contribution in [-0.2, 0) is 11.3 Å². The number of aromatic amines is 1. The lowest BCUT2D eigenvalue weighted by molar-refractivity contribution is 0.0495. The number of carbonyl (C=O) groups is 1. The average Bonchev–Trinajstić information content (AvgIpc) is 3.64. The van der Waals surface area contributed by atoms with Gasteiger partial charge < -0.3 is 19.5 Å². The van der Waals surface area contributed by atoms with Crippen LogP contribution in [-0.4, -0.2) is 45.4 Å². The molecule has 1 aromatic heterocycles. The number of para-hydroxylation sites is 1. The van der Waals surface area contributed by atoms with Crippen LogP contribution in [0.2, 0.25) is 0 Å². The predicted molar refractivity (Wildman–Crippen MR) is 135 cm³/mol. The highest BCUT2D eigenvalue weighted by Crippen LogP contribution is 2.45. The van der Waals surface area contributed by atoms with Crippen LogP contribution in [0.25, 0.3) is 11.3 Å². The molecule has 6 rings (SSSR count). The minimum atomic E-state index is -0.353. The van der Waals surface area contributed by atoms with E-state index < -0.39 is 0 Å². The van der Waals surface area contributed by atoms with Gasteiger partial charge in [0.15, 0.2) is 0 Å². The third-order valence-electron chi connectivity index (χ3n) is 6.89. The van der Waals surface area contributed by atoms with Gasteiger partial charge in [-0.15, -0.1) is 0 Å². The summed E-state index contributed by atoms with van der Waals surface area (Å²) in [4.78, 5) is 15.4. The summed E-state index contributed by atoms with van der Waals surface area (Å²) in [7, 11) is 0. The second-order valence-corrected chi connectivity index (χ2v) is 9.22. The topological polar surface area (TPSA) is 87.7 Å². The lowest BCUT2D eigenvalue weighted by atomic mass is 9.95. The molecule has 2 aliphatic heterocycles. The van der Waals surface area contributed by atoms with Crippen LogP contribution < -0.4 is 4.74 Å². The molecule has 2 unspecified atom stereocenters. The number of phenolic OH excluding ortho intramolecular Hbond substituents is 1. The Morgan fingerprint density at radius 1 is 1.03 bits per heavy atom. The number of benzene rings is 3. The van der Waals surface area contributed by atoms with E-state index in [1.807, 2.05) is 71.6 Å². The first-order valence-corrected chi connectivity index (χ1v) is 12.2. The van der Waals surface area contributed by atoms with Gasteiger partial charge in [-0.3, -0.25) is 9.89 Å². The summed E-state index contributed by atoms with van der Waals surface area (Å²) < 4.78 is 11.8. The molecule has 0 radical (unpaired) electrons. The number of hydrogen-bond donors (Lipinski definition) is 2. The van der Waals surface area contributed by atoms with Gasteiger partial charge in [0.1, 0.15) is 29.5 Å². The Balaban J connectivity index is 1.34. The monoisotopic (exact) mass is 481 g/mol. The van der Waals surface area contributed by atoms with Gasteiger partial charge in [0, 0.05) is 24.3 Å². The zero-order chi connectivity index (χ0) is 24.5. The summed E-state index contributed by atoms with van der Waals surface area (Å²) in [6.45, 7) is 1.70. The van der Waals surface area contributed by atoms with Crippen LogP contribution in [0, 0.1) is 0 Å². The van der Waals surface area contributed by atoms with Crippen molar-refractivity contribution in [1.82, 2.24) is 15.1 Å². The molecular weight excluding hydrogens is 454 g/mol. The number of carbonyl (C=O) groups excluding carboxylic acids is 1. The molecule has 0 saturated carbocycles. The van der Waals surface area contributed by atoms with Crippen molar-refractivity contribution in [2.45, 2.75) is 31.6 Å². The van der Waals surface area contributed by atoms with Gasteiger partial charge in [0.05, 0.1) is 12.1 Å². The van der Waals surface area contributed by atoms with E-state index in [1.165, 1.54) is 0 Å². The number of amides is 1. The van der Waals surface area contributed by atoms with Crippen molar-refractivity contribution < 1.29 is 19.4 Å². The first-order valence-electron chi connectivity index (χ1n) is 12.2. The Bertz CT molecular complexity index is 1360. The van der Waals surface area contributed by atoms with E-state index >= 15 is 0 Å². The van der Waals surface area contributed by atoms with Gasteiger partial charge in [0.2, 0.25) is 0 Å². The third-order valence-corrected chi connectivity index (χ3v) is 6.89. The van der Waals surface area contributed by atoms with Crippen LogP contribution in [0.5, 0.6) is 11.5 Å². The molecule has 3 heterocycles. The van der Waals surface area contributed by atoms with Crippen molar-refractivity contribution in [1.29, 1.82) is 0 Å². The number of ether oxygens (including phenoxy) is 2. The number of fused-ring (bicyclic) bond motifs is 1. The van der Waals surface area contributed by atoms with Gasteiger partial charge in [-0.2, -0.15) is 5.10 Å². The lowest BCUT2D eigenvalue weighted by Crippen LogP contribution is -2.36. The highest BCUT2D eigenvalue weighted by molar-refractivity contribution is 6.00. The van der Waals surface area contributed by atoms with Gasteiger partial charge in [-0.1, -0.05) is 54.6 Å². The Kier molecular flexibility index (Phi) is 5.91. The summed E-state index contributed by atoms with van der Waals surface area (Å²) >= 11 is 0. The van der Waals surface area contributed by atoms with Crippen molar-refractivity contribution >= 4 is 5.91 Å². The summed E-state index contributed by atoms with van der Waals surface area (Å²) in [6.07, 6.45) is 1.94. The second-order valence-electron chi connectivity index (χ2n) is 9.22. The molecule has 182 valence electrons. The molecule has 2 N–H and O–H groups in total. The summed E-state index contributed by atoms with van der Waals surface area (Å²) in [5.41, 5.74) is 4.46. The minimum Gasteiger partial charge on any atom is -0.507 e. The molecular formula is C29H27N3O4. The molecule has 2 atom stereocenters. The van der Waals surface area contributed by atoms with Crippen molar-refractivity contribution in [2.24, 2.45) is 0 Å². The zero-order valence-corrected chi connectivity index (χ0v) is 19.8. The second kappa shape index (κ2) is 9.51. The number of phenols is 1. The van der Waals surface area contributed by atoms with Crippen LogP contribution >= 0.6 is 0 Å². The highest BCUT2D eigenvalue weighted by atomic mass is 16.5. The largest absolute Gasteiger partial charge is 0.507 e. The van der Waals surface area contributed by atoms with E-state index in [-0.39, 0.29) is 23.8 Å². The fourth-order valence-corrected chi connectivity index (χ4v) is 5.11. The normalized spacial score (nSPS) is 19.0. The number of nitrogens with one attached hydrogen (secondary N) is 1. The fourth-order valence-electron chi connectivity index (χ4n) is 5.11. The van der Waals surface area contributed by atoms with Crippen LogP contribution in [0.15, 0.2) is 78.9 Å². The van der Waals surface area contributed by atoms with E-state index in [0.717, 1.165) is 41.9 Å². The van der Waals surface area contributed by atoms with E-state index in [0.29, 0.717) is 30.1 Å². The van der Waals surface area contributed by atoms with Gasteiger partial charge in [0.25, 0.3) is 5.91 Å². The molecule has 0 bridgehead atoms. The van der Waals surface area contributed by atoms with Gasteiger partial charge in [-0.05, 0) is 48.2 Å². The van der Waals surface area contributed by atoms with Crippen molar-refractivity contribution in [2.75, 3.05) is 13.2 Å². The highest BCUT2D eigenvalue weighted by Gasteiger charge is 2.43. The first-order chi connectivity index (χ1) is 17.7. The Labute approximate surface area is 209 Å². The summed E-state index contributed by atoms with van der Waals surface area (Å²) in [5, 5.41) is 17.9. The summed E-state index contributed by atoms with van der Waals surface area (Å²) in [6, 6.07) is 24.6. The quantitative estimate of drug-likeness (QED) is 0.384. The maximum absolute atomic E-state index is 13.5. The van der Waals surface area contributed by atoms with E-state index in [2.05, 4.69) is 10.2 Å². The number of rotatable bonds is 7. The molecule has 7 heteroatoms. The minimum absolute atomic E-state index is 0.00970. The summed E-state index contributed by atoms with van der Waals surface area (Å²) in [5.74, 6) is 0.773. The number of aromatic hydroxyl groups is 1. The molecule has 3 aromatic carbocycles. The number of aromatic nitrogens is 2. The number of hydrogen-bond acceptors (Lipinski definition) is 5. The zero-order valence-electron chi connectivity index (χ0n) is 19.8.